The van der Waals surface area contributed by atoms with Crippen LogP contribution >= 0.6 is 12.4 Å². The van der Waals surface area contributed by atoms with Crippen LogP contribution < -0.4 is 10.6 Å². The fraction of sp³-hybridized carbons (Fsp3) is 0.412. The SMILES string of the molecule is Cl.Cn1ccnc1C1CNCCN1CC(=O)NCc1cc(F)cc(F)c1. The van der Waals surface area contributed by atoms with Gasteiger partial charge in [-0.25, -0.2) is 13.8 Å². The van der Waals surface area contributed by atoms with Gasteiger partial charge in [0, 0.05) is 51.7 Å². The summed E-state index contributed by atoms with van der Waals surface area (Å²) >= 11 is 0. The number of halogens is 3. The zero-order valence-corrected chi connectivity index (χ0v) is 15.2. The van der Waals surface area contributed by atoms with E-state index in [1.165, 1.54) is 12.1 Å². The van der Waals surface area contributed by atoms with Gasteiger partial charge in [-0.05, 0) is 17.7 Å². The van der Waals surface area contributed by atoms with Gasteiger partial charge < -0.3 is 15.2 Å². The highest BCUT2D eigenvalue weighted by molar-refractivity contribution is 5.85. The second-order valence-corrected chi connectivity index (χ2v) is 6.14. The number of aromatic nitrogens is 2. The molecule has 1 unspecified atom stereocenters. The summed E-state index contributed by atoms with van der Waals surface area (Å²) in [7, 11) is 1.92. The molecule has 0 spiro atoms. The molecule has 1 aliphatic heterocycles. The molecule has 1 aromatic carbocycles. The van der Waals surface area contributed by atoms with Crippen molar-refractivity contribution in [1.82, 2.24) is 25.1 Å². The normalized spacial score (nSPS) is 17.6. The maximum atomic E-state index is 13.2. The fourth-order valence-corrected chi connectivity index (χ4v) is 3.04. The minimum atomic E-state index is -0.652. The standard InChI is InChI=1S/C17H21F2N5O.ClH/c1-23-4-3-21-17(23)15-10-20-2-5-24(15)11-16(25)22-9-12-6-13(18)8-14(19)7-12;/h3-4,6-8,15,20H,2,5,9-11H2,1H3,(H,22,25);1H. The topological polar surface area (TPSA) is 62.2 Å². The van der Waals surface area contributed by atoms with E-state index in [1.54, 1.807) is 6.20 Å². The lowest BCUT2D eigenvalue weighted by Gasteiger charge is -2.35. The lowest BCUT2D eigenvalue weighted by atomic mass is 10.1. The Hall–Kier alpha value is -2.03. The molecule has 9 heteroatoms. The highest BCUT2D eigenvalue weighted by Crippen LogP contribution is 2.19. The number of nitrogens with zero attached hydrogens (tertiary/aromatic N) is 3. The molecule has 0 bridgehead atoms. The number of nitrogens with one attached hydrogen (secondary N) is 2. The van der Waals surface area contributed by atoms with Crippen LogP contribution in [-0.2, 0) is 18.4 Å². The van der Waals surface area contributed by atoms with E-state index in [0.717, 1.165) is 25.0 Å². The molecule has 3 rings (SSSR count). The van der Waals surface area contributed by atoms with Crippen molar-refractivity contribution in [2.75, 3.05) is 26.2 Å². The lowest BCUT2D eigenvalue weighted by molar-refractivity contribution is -0.123. The summed E-state index contributed by atoms with van der Waals surface area (Å²) in [5, 5.41) is 6.03. The Bertz CT molecular complexity index is 734. The highest BCUT2D eigenvalue weighted by atomic mass is 35.5. The number of hydrogen-bond acceptors (Lipinski definition) is 4. The van der Waals surface area contributed by atoms with Gasteiger partial charge in [0.15, 0.2) is 0 Å². The second-order valence-electron chi connectivity index (χ2n) is 6.14. The number of benzene rings is 1. The van der Waals surface area contributed by atoms with Crippen LogP contribution in [0.5, 0.6) is 0 Å². The lowest BCUT2D eigenvalue weighted by Crippen LogP contribution is -2.50. The van der Waals surface area contributed by atoms with Crippen molar-refractivity contribution in [3.8, 4) is 0 Å². The van der Waals surface area contributed by atoms with E-state index >= 15 is 0 Å². The van der Waals surface area contributed by atoms with Gasteiger partial charge in [-0.2, -0.15) is 0 Å². The number of piperazine rings is 1. The number of imidazole rings is 1. The van der Waals surface area contributed by atoms with Crippen molar-refractivity contribution in [2.24, 2.45) is 7.05 Å². The molecular formula is C17H22ClF2N5O. The van der Waals surface area contributed by atoms with Gasteiger partial charge in [-0.3, -0.25) is 9.69 Å². The molecule has 26 heavy (non-hydrogen) atoms. The van der Waals surface area contributed by atoms with Crippen LogP contribution in [0.3, 0.4) is 0 Å². The molecule has 0 saturated carbocycles. The van der Waals surface area contributed by atoms with E-state index < -0.39 is 11.6 Å². The third-order valence-corrected chi connectivity index (χ3v) is 4.27. The van der Waals surface area contributed by atoms with E-state index in [1.807, 2.05) is 17.8 Å². The molecule has 2 N–H and O–H groups in total. The van der Waals surface area contributed by atoms with Crippen molar-refractivity contribution in [3.63, 3.8) is 0 Å². The second kappa shape index (κ2) is 9.07. The van der Waals surface area contributed by atoms with Crippen LogP contribution in [0.4, 0.5) is 8.78 Å². The quantitative estimate of drug-likeness (QED) is 0.816. The summed E-state index contributed by atoms with van der Waals surface area (Å²) < 4.78 is 28.3. The van der Waals surface area contributed by atoms with Gasteiger partial charge in [0.2, 0.25) is 5.91 Å². The zero-order valence-electron chi connectivity index (χ0n) is 14.4. The van der Waals surface area contributed by atoms with Crippen molar-refractivity contribution in [2.45, 2.75) is 12.6 Å². The molecule has 0 radical (unpaired) electrons. The summed E-state index contributed by atoms with van der Waals surface area (Å²) in [4.78, 5) is 18.7. The molecule has 1 amide bonds. The molecule has 1 atom stereocenters. The minimum Gasteiger partial charge on any atom is -0.351 e. The number of amides is 1. The van der Waals surface area contributed by atoms with Crippen LogP contribution in [0.25, 0.3) is 0 Å². The Morgan fingerprint density at radius 3 is 2.73 bits per heavy atom. The maximum absolute atomic E-state index is 13.2. The fourth-order valence-electron chi connectivity index (χ4n) is 3.04. The van der Waals surface area contributed by atoms with E-state index in [9.17, 15) is 13.6 Å². The van der Waals surface area contributed by atoms with E-state index in [2.05, 4.69) is 20.5 Å². The first-order valence-electron chi connectivity index (χ1n) is 8.16. The summed E-state index contributed by atoms with van der Waals surface area (Å²) in [5.74, 6) is -0.597. The van der Waals surface area contributed by atoms with Gasteiger partial charge in [-0.15, -0.1) is 12.4 Å². The molecule has 1 aromatic heterocycles. The summed E-state index contributed by atoms with van der Waals surface area (Å²) in [6, 6.07) is 3.24. The smallest absolute Gasteiger partial charge is 0.234 e. The third-order valence-electron chi connectivity index (χ3n) is 4.27. The number of carbonyl (C=O) groups excluding carboxylic acids is 1. The summed E-state index contributed by atoms with van der Waals surface area (Å²) in [5.41, 5.74) is 0.395. The number of aryl methyl sites for hydroxylation is 1. The van der Waals surface area contributed by atoms with Gasteiger partial charge in [-0.1, -0.05) is 0 Å². The number of hydrogen-bond donors (Lipinski definition) is 2. The number of carbonyl (C=O) groups is 1. The molecule has 1 fully saturated rings. The van der Waals surface area contributed by atoms with Crippen LogP contribution in [0.15, 0.2) is 30.6 Å². The predicted molar refractivity (Wildman–Crippen MR) is 95.8 cm³/mol. The first kappa shape index (κ1) is 20.3. The minimum absolute atomic E-state index is 0. The van der Waals surface area contributed by atoms with Gasteiger partial charge in [0.1, 0.15) is 17.5 Å². The van der Waals surface area contributed by atoms with Gasteiger partial charge in [0.25, 0.3) is 0 Å². The van der Waals surface area contributed by atoms with Gasteiger partial charge >= 0.3 is 0 Å². The van der Waals surface area contributed by atoms with E-state index in [4.69, 9.17) is 0 Å². The molecular weight excluding hydrogens is 364 g/mol. The Kier molecular flexibility index (Phi) is 7.07. The van der Waals surface area contributed by atoms with E-state index in [-0.39, 0.29) is 37.4 Å². The molecule has 2 heterocycles. The Labute approximate surface area is 157 Å². The van der Waals surface area contributed by atoms with Crippen molar-refractivity contribution < 1.29 is 13.6 Å². The molecule has 6 nitrogen and oxygen atoms in total. The molecule has 2 aromatic rings. The monoisotopic (exact) mass is 385 g/mol. The largest absolute Gasteiger partial charge is 0.351 e. The Morgan fingerprint density at radius 2 is 2.08 bits per heavy atom. The molecule has 0 aliphatic carbocycles. The van der Waals surface area contributed by atoms with Crippen molar-refractivity contribution in [1.29, 1.82) is 0 Å². The first-order valence-corrected chi connectivity index (χ1v) is 8.16. The predicted octanol–water partition coefficient (Wildman–Crippen LogP) is 1.38. The molecule has 1 aliphatic rings. The van der Waals surface area contributed by atoms with Crippen molar-refractivity contribution >= 4 is 18.3 Å². The average Bonchev–Trinajstić information content (AvgIpc) is 2.98. The van der Waals surface area contributed by atoms with Crippen LogP contribution in [-0.4, -0.2) is 46.5 Å². The molecule has 142 valence electrons. The third kappa shape index (κ3) is 5.00. The van der Waals surface area contributed by atoms with Crippen LogP contribution in [0.2, 0.25) is 0 Å². The van der Waals surface area contributed by atoms with Crippen LogP contribution in [0, 0.1) is 11.6 Å². The van der Waals surface area contributed by atoms with Crippen LogP contribution in [0.1, 0.15) is 17.4 Å². The Morgan fingerprint density at radius 1 is 1.35 bits per heavy atom. The van der Waals surface area contributed by atoms with Crippen molar-refractivity contribution in [3.05, 3.63) is 53.6 Å². The average molecular weight is 386 g/mol. The zero-order chi connectivity index (χ0) is 17.8. The number of rotatable bonds is 5. The molecule has 1 saturated heterocycles. The highest BCUT2D eigenvalue weighted by Gasteiger charge is 2.28. The Balaban J connectivity index is 0.00000243. The summed E-state index contributed by atoms with van der Waals surface area (Å²) in [6.07, 6.45) is 3.61. The first-order chi connectivity index (χ1) is 12.0. The summed E-state index contributed by atoms with van der Waals surface area (Å²) in [6.45, 7) is 2.53. The van der Waals surface area contributed by atoms with E-state index in [0.29, 0.717) is 12.1 Å². The maximum Gasteiger partial charge on any atom is 0.234 e. The van der Waals surface area contributed by atoms with Gasteiger partial charge in [0.05, 0.1) is 12.6 Å².